The zero-order valence-corrected chi connectivity index (χ0v) is 14.0. The quantitative estimate of drug-likeness (QED) is 0.834. The van der Waals surface area contributed by atoms with E-state index in [9.17, 15) is 18.0 Å². The van der Waals surface area contributed by atoms with Crippen LogP contribution in [0.2, 0.25) is 0 Å². The lowest BCUT2D eigenvalue weighted by atomic mass is 9.96. The number of amides is 1. The summed E-state index contributed by atoms with van der Waals surface area (Å²) < 4.78 is 40.0. The van der Waals surface area contributed by atoms with Crippen molar-refractivity contribution in [2.24, 2.45) is 7.05 Å². The van der Waals surface area contributed by atoms with Crippen LogP contribution in [0.1, 0.15) is 46.3 Å². The second-order valence-corrected chi connectivity index (χ2v) is 6.37. The monoisotopic (exact) mass is 352 g/mol. The molecule has 0 bridgehead atoms. The predicted octanol–water partition coefficient (Wildman–Crippen LogP) is 3.16. The van der Waals surface area contributed by atoms with Crippen molar-refractivity contribution in [3.8, 4) is 0 Å². The van der Waals surface area contributed by atoms with Crippen molar-refractivity contribution in [3.63, 3.8) is 0 Å². The Morgan fingerprint density at radius 1 is 1.32 bits per heavy atom. The summed E-state index contributed by atoms with van der Waals surface area (Å²) in [5, 5.41) is 0. The second kappa shape index (κ2) is 6.50. The molecule has 0 radical (unpaired) electrons. The molecule has 0 N–H and O–H groups in total. The molecule has 0 spiro atoms. The molecule has 0 saturated carbocycles. The maximum absolute atomic E-state index is 12.9. The van der Waals surface area contributed by atoms with Gasteiger partial charge in [-0.15, -0.1) is 0 Å². The molecular formula is C17H19F3N4O. The topological polar surface area (TPSA) is 51.0 Å². The lowest BCUT2D eigenvalue weighted by molar-refractivity contribution is -0.141. The van der Waals surface area contributed by atoms with Gasteiger partial charge in [-0.2, -0.15) is 13.2 Å². The number of halogens is 3. The zero-order valence-electron chi connectivity index (χ0n) is 14.0. The maximum atomic E-state index is 12.9. The highest BCUT2D eigenvalue weighted by atomic mass is 19.4. The van der Waals surface area contributed by atoms with E-state index in [0.29, 0.717) is 30.9 Å². The summed E-state index contributed by atoms with van der Waals surface area (Å²) >= 11 is 0. The minimum absolute atomic E-state index is 0.151. The van der Waals surface area contributed by atoms with Gasteiger partial charge in [0.05, 0.1) is 5.56 Å². The highest BCUT2D eigenvalue weighted by molar-refractivity contribution is 5.94. The van der Waals surface area contributed by atoms with E-state index in [4.69, 9.17) is 0 Å². The maximum Gasteiger partial charge on any atom is 0.434 e. The van der Waals surface area contributed by atoms with Crippen LogP contribution < -0.4 is 0 Å². The minimum atomic E-state index is -4.46. The highest BCUT2D eigenvalue weighted by Crippen LogP contribution is 2.32. The third-order valence-electron chi connectivity index (χ3n) is 4.43. The fourth-order valence-electron chi connectivity index (χ4n) is 3.15. The molecule has 2 aromatic heterocycles. The molecule has 134 valence electrons. The summed E-state index contributed by atoms with van der Waals surface area (Å²) in [7, 11) is 1.56. The number of hydrogen-bond acceptors (Lipinski definition) is 3. The molecule has 5 nitrogen and oxygen atoms in total. The normalized spacial score (nSPS) is 18.4. The van der Waals surface area contributed by atoms with E-state index in [0.717, 1.165) is 18.3 Å². The average Bonchev–Trinajstić information content (AvgIpc) is 2.97. The summed E-state index contributed by atoms with van der Waals surface area (Å²) in [5.41, 5.74) is 0.416. The Kier molecular flexibility index (Phi) is 4.53. The molecule has 0 aromatic carbocycles. The lowest BCUT2D eigenvalue weighted by Crippen LogP contribution is -2.39. The Hall–Kier alpha value is -2.38. The third kappa shape index (κ3) is 3.67. The smallest absolute Gasteiger partial charge is 0.338 e. The second-order valence-electron chi connectivity index (χ2n) is 6.37. The molecule has 8 heteroatoms. The molecule has 2 aromatic rings. The summed E-state index contributed by atoms with van der Waals surface area (Å²) in [6, 6.07) is 3.49. The van der Waals surface area contributed by atoms with Gasteiger partial charge < -0.3 is 9.47 Å². The highest BCUT2D eigenvalue weighted by Gasteiger charge is 2.36. The van der Waals surface area contributed by atoms with Crippen LogP contribution in [-0.4, -0.2) is 38.4 Å². The van der Waals surface area contributed by atoms with E-state index in [1.807, 2.05) is 6.92 Å². The number of aromatic nitrogens is 3. The molecule has 1 saturated heterocycles. The van der Waals surface area contributed by atoms with Gasteiger partial charge in [0.2, 0.25) is 0 Å². The van der Waals surface area contributed by atoms with Gasteiger partial charge in [0.1, 0.15) is 5.82 Å². The van der Waals surface area contributed by atoms with Gasteiger partial charge >= 0.3 is 6.18 Å². The van der Waals surface area contributed by atoms with Crippen molar-refractivity contribution < 1.29 is 18.0 Å². The fraction of sp³-hybridized carbons (Fsp3) is 0.471. The third-order valence-corrected chi connectivity index (χ3v) is 4.43. The summed E-state index contributed by atoms with van der Waals surface area (Å²) in [6.07, 6.45) is -0.500. The van der Waals surface area contributed by atoms with Crippen LogP contribution in [0.5, 0.6) is 0 Å². The van der Waals surface area contributed by atoms with Crippen molar-refractivity contribution in [1.82, 2.24) is 19.4 Å². The number of rotatable bonds is 2. The van der Waals surface area contributed by atoms with E-state index >= 15 is 0 Å². The fourth-order valence-corrected chi connectivity index (χ4v) is 3.15. The number of aryl methyl sites for hydroxylation is 2. The van der Waals surface area contributed by atoms with Crippen molar-refractivity contribution in [2.75, 3.05) is 13.1 Å². The number of piperidine rings is 1. The summed E-state index contributed by atoms with van der Waals surface area (Å²) in [5.74, 6) is 0.00603. The van der Waals surface area contributed by atoms with Gasteiger partial charge in [-0.3, -0.25) is 9.78 Å². The van der Waals surface area contributed by atoms with Crippen LogP contribution >= 0.6 is 0 Å². The summed E-state index contributed by atoms with van der Waals surface area (Å²) in [6.45, 7) is 2.78. The zero-order chi connectivity index (χ0) is 18.2. The van der Waals surface area contributed by atoms with Gasteiger partial charge in [-0.05, 0) is 31.9 Å². The standard InChI is InChI=1S/C17H19F3N4O/c1-11-5-6-12(8-21-11)16(25)24-7-3-4-13(9-24)15-22-14(10-23(15)2)17(18,19)20/h5-6,8,10,13H,3-4,7,9H2,1-2H3. The molecule has 25 heavy (non-hydrogen) atoms. The number of imidazole rings is 1. The van der Waals surface area contributed by atoms with Crippen molar-refractivity contribution >= 4 is 5.91 Å². The van der Waals surface area contributed by atoms with Crippen LogP contribution in [-0.2, 0) is 13.2 Å². The molecule has 1 unspecified atom stereocenters. The van der Waals surface area contributed by atoms with Crippen molar-refractivity contribution in [1.29, 1.82) is 0 Å². The lowest BCUT2D eigenvalue weighted by Gasteiger charge is -2.32. The molecule has 1 amide bonds. The van der Waals surface area contributed by atoms with E-state index in [1.165, 1.54) is 10.8 Å². The van der Waals surface area contributed by atoms with Crippen molar-refractivity contribution in [3.05, 3.63) is 47.3 Å². The van der Waals surface area contributed by atoms with E-state index in [1.54, 1.807) is 24.1 Å². The minimum Gasteiger partial charge on any atom is -0.338 e. The first kappa shape index (κ1) is 17.4. The number of nitrogens with zero attached hydrogens (tertiary/aromatic N) is 4. The first-order valence-corrected chi connectivity index (χ1v) is 8.08. The first-order chi connectivity index (χ1) is 11.8. The SMILES string of the molecule is Cc1ccc(C(=O)N2CCCC(c3nc(C(F)(F)F)cn3C)C2)cn1. The first-order valence-electron chi connectivity index (χ1n) is 8.08. The average molecular weight is 352 g/mol. The van der Waals surface area contributed by atoms with Crippen LogP contribution in [0.15, 0.2) is 24.5 Å². The Labute approximate surface area is 143 Å². The van der Waals surface area contributed by atoms with Gasteiger partial charge in [0.25, 0.3) is 5.91 Å². The number of pyridine rings is 1. The number of carbonyl (C=O) groups excluding carboxylic acids is 1. The van der Waals surface area contributed by atoms with Crippen molar-refractivity contribution in [2.45, 2.75) is 31.9 Å². The number of likely N-dealkylation sites (tertiary alicyclic amines) is 1. The summed E-state index contributed by atoms with van der Waals surface area (Å²) in [4.78, 5) is 22.2. The molecule has 1 atom stereocenters. The Balaban J connectivity index is 1.78. The molecule has 1 fully saturated rings. The molecular weight excluding hydrogens is 333 g/mol. The van der Waals surface area contributed by atoms with Gasteiger partial charge in [-0.25, -0.2) is 4.98 Å². The van der Waals surface area contributed by atoms with Gasteiger partial charge in [0, 0.05) is 44.1 Å². The van der Waals surface area contributed by atoms with Crippen LogP contribution in [0.25, 0.3) is 0 Å². The van der Waals surface area contributed by atoms with E-state index < -0.39 is 11.9 Å². The number of alkyl halides is 3. The molecule has 3 rings (SSSR count). The molecule has 3 heterocycles. The molecule has 1 aliphatic rings. The molecule has 1 aliphatic heterocycles. The Bertz CT molecular complexity index is 767. The van der Waals surface area contributed by atoms with E-state index in [-0.39, 0.29) is 11.8 Å². The number of carbonyl (C=O) groups is 1. The molecule has 0 aliphatic carbocycles. The van der Waals surface area contributed by atoms with Crippen LogP contribution in [0.4, 0.5) is 13.2 Å². The van der Waals surface area contributed by atoms with Gasteiger partial charge in [-0.1, -0.05) is 0 Å². The van der Waals surface area contributed by atoms with Crippen LogP contribution in [0.3, 0.4) is 0 Å². The predicted molar refractivity (Wildman–Crippen MR) is 85.1 cm³/mol. The van der Waals surface area contributed by atoms with E-state index in [2.05, 4.69) is 9.97 Å². The number of hydrogen-bond donors (Lipinski definition) is 0. The van der Waals surface area contributed by atoms with Gasteiger partial charge in [0.15, 0.2) is 5.69 Å². The Morgan fingerprint density at radius 2 is 2.08 bits per heavy atom. The largest absolute Gasteiger partial charge is 0.434 e. The Morgan fingerprint density at radius 3 is 2.68 bits per heavy atom. The van der Waals surface area contributed by atoms with Crippen LogP contribution in [0, 0.1) is 6.92 Å².